The van der Waals surface area contributed by atoms with Gasteiger partial charge in [0.25, 0.3) is 5.56 Å². The van der Waals surface area contributed by atoms with E-state index in [1.54, 1.807) is 25.3 Å². The van der Waals surface area contributed by atoms with Crippen molar-refractivity contribution in [2.24, 2.45) is 0 Å². The number of pyridine rings is 2. The van der Waals surface area contributed by atoms with E-state index in [9.17, 15) is 14.7 Å². The first-order chi connectivity index (χ1) is 14.9. The van der Waals surface area contributed by atoms with E-state index >= 15 is 0 Å². The van der Waals surface area contributed by atoms with Crippen molar-refractivity contribution in [1.82, 2.24) is 9.55 Å². The minimum atomic E-state index is -1.42. The van der Waals surface area contributed by atoms with Crippen molar-refractivity contribution in [3.63, 3.8) is 0 Å². The number of aliphatic hydroxyl groups is 1. The van der Waals surface area contributed by atoms with Gasteiger partial charge in [-0.15, -0.1) is 0 Å². The molecular weight excluding hydrogens is 424 g/mol. The average molecular weight is 443 g/mol. The van der Waals surface area contributed by atoms with Crippen molar-refractivity contribution in [2.45, 2.75) is 38.5 Å². The number of hydrogen-bond donors (Lipinski definition) is 1. The van der Waals surface area contributed by atoms with Crippen LogP contribution in [0.2, 0.25) is 5.15 Å². The predicted molar refractivity (Wildman–Crippen MR) is 111 cm³/mol. The Kier molecular flexibility index (Phi) is 4.64. The van der Waals surface area contributed by atoms with Crippen LogP contribution in [-0.4, -0.2) is 27.4 Å². The lowest BCUT2D eigenvalue weighted by molar-refractivity contribution is -0.149. The Morgan fingerprint density at radius 3 is 2.74 bits per heavy atom. The molecule has 8 nitrogen and oxygen atoms in total. The molecular formula is C22H19ClN2O6. The lowest BCUT2D eigenvalue weighted by Crippen LogP contribution is -2.32. The van der Waals surface area contributed by atoms with Crippen molar-refractivity contribution >= 4 is 28.5 Å². The highest BCUT2D eigenvalue weighted by molar-refractivity contribution is 6.30. The number of carbonyl (C=O) groups is 1. The topological polar surface area (TPSA) is 99.9 Å². The lowest BCUT2D eigenvalue weighted by atomic mass is 9.86. The van der Waals surface area contributed by atoms with Crippen LogP contribution in [0.4, 0.5) is 0 Å². The number of fused-ring (bicyclic) bond motifs is 3. The highest BCUT2D eigenvalue weighted by atomic mass is 35.5. The van der Waals surface area contributed by atoms with Gasteiger partial charge in [0.2, 0.25) is 6.79 Å². The number of rotatable bonds is 3. The van der Waals surface area contributed by atoms with Crippen LogP contribution in [0.25, 0.3) is 10.9 Å². The van der Waals surface area contributed by atoms with Gasteiger partial charge >= 0.3 is 5.97 Å². The number of aromatic nitrogens is 2. The fraction of sp³-hybridized carbons (Fsp3) is 0.318. The third-order valence-electron chi connectivity index (χ3n) is 5.84. The molecule has 2 aromatic heterocycles. The quantitative estimate of drug-likeness (QED) is 0.491. The van der Waals surface area contributed by atoms with Gasteiger partial charge in [-0.2, -0.15) is 0 Å². The minimum absolute atomic E-state index is 0.158. The van der Waals surface area contributed by atoms with Gasteiger partial charge in [0.1, 0.15) is 17.4 Å². The van der Waals surface area contributed by atoms with E-state index in [4.69, 9.17) is 25.8 Å². The Labute approximate surface area is 181 Å². The third kappa shape index (κ3) is 3.32. The zero-order valence-corrected chi connectivity index (χ0v) is 17.4. The molecule has 1 aromatic carbocycles. The summed E-state index contributed by atoms with van der Waals surface area (Å²) in [6.07, 6.45) is 1.70. The summed E-state index contributed by atoms with van der Waals surface area (Å²) >= 11 is 6.40. The van der Waals surface area contributed by atoms with Crippen LogP contribution in [0.1, 0.15) is 36.5 Å². The maximum atomic E-state index is 13.2. The SMILES string of the molecule is CCC1(O)CC(=O)OCc2c1ccn(Cc1cc3cc4c(cc3nc1Cl)OCO4)c2=O. The number of cyclic esters (lactones) is 1. The predicted octanol–water partition coefficient (Wildman–Crippen LogP) is 2.87. The number of ether oxygens (including phenoxy) is 3. The molecule has 2 aliphatic rings. The second kappa shape index (κ2) is 7.25. The van der Waals surface area contributed by atoms with E-state index < -0.39 is 11.6 Å². The van der Waals surface area contributed by atoms with E-state index in [1.807, 2.05) is 12.1 Å². The molecule has 31 heavy (non-hydrogen) atoms. The first-order valence-electron chi connectivity index (χ1n) is 9.87. The standard InChI is InChI=1S/C22H19ClN2O6/c1-2-22(28)8-19(26)29-10-14-15(22)3-4-25(21(14)27)9-13-5-12-6-17-18(31-11-30-17)7-16(12)24-20(13)23/h3-7,28H,2,8-11H2,1H3. The number of benzene rings is 1. The molecule has 0 radical (unpaired) electrons. The van der Waals surface area contributed by atoms with Gasteiger partial charge in [-0.1, -0.05) is 18.5 Å². The molecule has 0 saturated heterocycles. The fourth-order valence-electron chi connectivity index (χ4n) is 4.05. The van der Waals surface area contributed by atoms with Gasteiger partial charge in [-0.3, -0.25) is 9.59 Å². The number of carbonyl (C=O) groups excluding carboxylic acids is 1. The van der Waals surface area contributed by atoms with Crippen LogP contribution < -0.4 is 15.0 Å². The molecule has 5 rings (SSSR count). The number of nitrogens with zero attached hydrogens (tertiary/aromatic N) is 2. The molecule has 3 aromatic rings. The van der Waals surface area contributed by atoms with Gasteiger partial charge < -0.3 is 23.9 Å². The molecule has 1 atom stereocenters. The summed E-state index contributed by atoms with van der Waals surface area (Å²) in [7, 11) is 0. The Hall–Kier alpha value is -3.10. The van der Waals surface area contributed by atoms with Crippen LogP contribution >= 0.6 is 11.6 Å². The van der Waals surface area contributed by atoms with Crippen molar-refractivity contribution in [3.05, 3.63) is 62.7 Å². The first kappa shape index (κ1) is 19.8. The highest BCUT2D eigenvalue weighted by Crippen LogP contribution is 2.37. The van der Waals surface area contributed by atoms with Crippen molar-refractivity contribution in [2.75, 3.05) is 6.79 Å². The normalized spacial score (nSPS) is 19.8. The molecule has 0 saturated carbocycles. The van der Waals surface area contributed by atoms with Gasteiger partial charge in [-0.25, -0.2) is 4.98 Å². The van der Waals surface area contributed by atoms with Gasteiger partial charge in [0.05, 0.1) is 24.0 Å². The first-order valence-corrected chi connectivity index (χ1v) is 10.3. The Morgan fingerprint density at radius 2 is 1.97 bits per heavy atom. The fourth-order valence-corrected chi connectivity index (χ4v) is 4.26. The van der Waals surface area contributed by atoms with E-state index in [0.717, 1.165) is 5.39 Å². The second-order valence-electron chi connectivity index (χ2n) is 7.70. The summed E-state index contributed by atoms with van der Waals surface area (Å²) in [5.41, 5.74) is 0.231. The summed E-state index contributed by atoms with van der Waals surface area (Å²) < 4.78 is 17.4. The number of hydrogen-bond acceptors (Lipinski definition) is 7. The van der Waals surface area contributed by atoms with E-state index in [-0.39, 0.29) is 49.1 Å². The molecule has 2 aliphatic heterocycles. The average Bonchev–Trinajstić information content (AvgIpc) is 3.14. The number of halogens is 1. The van der Waals surface area contributed by atoms with Crippen LogP contribution in [-0.2, 0) is 28.3 Å². The molecule has 0 bridgehead atoms. The summed E-state index contributed by atoms with van der Waals surface area (Å²) in [6, 6.07) is 7.11. The monoisotopic (exact) mass is 442 g/mol. The Bertz CT molecular complexity index is 1290. The molecule has 1 unspecified atom stereocenters. The zero-order chi connectivity index (χ0) is 21.8. The Balaban J connectivity index is 1.56. The van der Waals surface area contributed by atoms with E-state index in [0.29, 0.717) is 28.1 Å². The third-order valence-corrected chi connectivity index (χ3v) is 6.17. The van der Waals surface area contributed by atoms with Crippen LogP contribution in [0.5, 0.6) is 11.5 Å². The van der Waals surface area contributed by atoms with E-state index in [1.165, 1.54) is 4.57 Å². The molecule has 1 N–H and O–H groups in total. The smallest absolute Gasteiger partial charge is 0.309 e. The molecule has 160 valence electrons. The maximum Gasteiger partial charge on any atom is 0.309 e. The summed E-state index contributed by atoms with van der Waals surface area (Å²) in [6.45, 7) is 1.91. The molecule has 0 fully saturated rings. The van der Waals surface area contributed by atoms with Crippen LogP contribution in [0.3, 0.4) is 0 Å². The Morgan fingerprint density at radius 1 is 1.19 bits per heavy atom. The lowest BCUT2D eigenvalue weighted by Gasteiger charge is -2.25. The maximum absolute atomic E-state index is 13.2. The number of esters is 1. The largest absolute Gasteiger partial charge is 0.460 e. The van der Waals surface area contributed by atoms with Crippen LogP contribution in [0, 0.1) is 0 Å². The summed E-state index contributed by atoms with van der Waals surface area (Å²) in [5.74, 6) is 0.709. The van der Waals surface area contributed by atoms with Crippen molar-refractivity contribution in [3.8, 4) is 11.5 Å². The molecule has 0 amide bonds. The molecule has 0 aliphatic carbocycles. The van der Waals surface area contributed by atoms with Gasteiger partial charge in [0, 0.05) is 23.2 Å². The van der Waals surface area contributed by atoms with Crippen LogP contribution in [0.15, 0.2) is 35.3 Å². The van der Waals surface area contributed by atoms with Crippen molar-refractivity contribution < 1.29 is 24.1 Å². The van der Waals surface area contributed by atoms with Gasteiger partial charge in [-0.05, 0) is 30.2 Å². The highest BCUT2D eigenvalue weighted by Gasteiger charge is 2.37. The molecule has 0 spiro atoms. The zero-order valence-electron chi connectivity index (χ0n) is 16.7. The molecule has 9 heteroatoms. The van der Waals surface area contributed by atoms with Crippen molar-refractivity contribution in [1.29, 1.82) is 0 Å². The minimum Gasteiger partial charge on any atom is -0.460 e. The summed E-state index contributed by atoms with van der Waals surface area (Å²) in [5, 5.41) is 12.0. The summed E-state index contributed by atoms with van der Waals surface area (Å²) in [4.78, 5) is 29.5. The van der Waals surface area contributed by atoms with Gasteiger partial charge in [0.15, 0.2) is 11.5 Å². The second-order valence-corrected chi connectivity index (χ2v) is 8.06. The molecule has 4 heterocycles. The van der Waals surface area contributed by atoms with E-state index in [2.05, 4.69) is 4.98 Å².